The Hall–Kier alpha value is -4.08. The van der Waals surface area contributed by atoms with Gasteiger partial charge in [-0.1, -0.05) is 48.5 Å². The Balaban J connectivity index is 1.59. The molecule has 2 amide bonds. The van der Waals surface area contributed by atoms with Crippen molar-refractivity contribution in [3.05, 3.63) is 94.5 Å². The van der Waals surface area contributed by atoms with Crippen LogP contribution in [0.15, 0.2) is 61.3 Å². The van der Waals surface area contributed by atoms with Gasteiger partial charge in [-0.25, -0.2) is 9.97 Å². The summed E-state index contributed by atoms with van der Waals surface area (Å²) in [5.41, 5.74) is 4.10. The van der Waals surface area contributed by atoms with Crippen LogP contribution in [-0.4, -0.2) is 84.7 Å². The number of ketones is 1. The molecule has 40 heavy (non-hydrogen) atoms. The third-order valence-corrected chi connectivity index (χ3v) is 7.11. The third-order valence-electron chi connectivity index (χ3n) is 6.80. The van der Waals surface area contributed by atoms with Crippen LogP contribution in [0.5, 0.6) is 0 Å². The normalized spacial score (nSPS) is 13.6. The minimum Gasteiger partial charge on any atom is -0.367 e. The smallest absolute Gasteiger partial charge is 0.294 e. The molecule has 208 valence electrons. The summed E-state index contributed by atoms with van der Waals surface area (Å²) in [4.78, 5) is 52.2. The summed E-state index contributed by atoms with van der Waals surface area (Å²) < 4.78 is 0. The number of benzene rings is 2. The lowest BCUT2D eigenvalue weighted by molar-refractivity contribution is -0.124. The van der Waals surface area contributed by atoms with Gasteiger partial charge in [-0.2, -0.15) is 0 Å². The summed E-state index contributed by atoms with van der Waals surface area (Å²) in [6.07, 6.45) is 3.47. The zero-order valence-electron chi connectivity index (χ0n) is 23.0. The van der Waals surface area contributed by atoms with Crippen molar-refractivity contribution in [1.82, 2.24) is 19.8 Å². The zero-order chi connectivity index (χ0) is 28.8. The fraction of sp³-hybridized carbons (Fsp3) is 0.300. The van der Waals surface area contributed by atoms with E-state index in [1.165, 1.54) is 11.0 Å². The van der Waals surface area contributed by atoms with Crippen molar-refractivity contribution in [2.24, 2.45) is 0 Å². The van der Waals surface area contributed by atoms with Gasteiger partial charge in [0.1, 0.15) is 5.82 Å². The average molecular weight is 561 g/mol. The summed E-state index contributed by atoms with van der Waals surface area (Å²) in [6, 6.07) is 12.9. The minimum absolute atomic E-state index is 0.264. The highest BCUT2D eigenvalue weighted by molar-refractivity contribution is 6.43. The summed E-state index contributed by atoms with van der Waals surface area (Å²) in [7, 11) is 5.19. The number of aromatic nitrogens is 2. The van der Waals surface area contributed by atoms with Crippen LogP contribution in [0.3, 0.4) is 0 Å². The number of rotatable bonds is 9. The molecule has 4 rings (SSSR count). The standard InChI is InChI=1S/C30H33ClN6O3/c1-5-28(38)34-25-16-20(10-11-26(25)37-14-12-36(4)13-15-37)17-27-32-19-23(31)24(33-27)18-21-8-6-7-9-22(21)29(39)30(40)35(2)3/h5-11,16,19H,1,12-15,17-18H2,2-4H3,(H,34,38). The minimum atomic E-state index is -0.596. The van der Waals surface area contributed by atoms with Gasteiger partial charge in [0, 0.05) is 64.9 Å². The highest BCUT2D eigenvalue weighted by Gasteiger charge is 2.22. The molecule has 9 nitrogen and oxygen atoms in total. The summed E-state index contributed by atoms with van der Waals surface area (Å²) in [5, 5.41) is 3.31. The second-order valence-corrected chi connectivity index (χ2v) is 10.4. The molecule has 1 saturated heterocycles. The zero-order valence-corrected chi connectivity index (χ0v) is 23.7. The van der Waals surface area contributed by atoms with Gasteiger partial charge in [-0.05, 0) is 36.4 Å². The number of amides is 2. The molecule has 2 aromatic carbocycles. The molecule has 0 radical (unpaired) electrons. The van der Waals surface area contributed by atoms with Crippen LogP contribution in [-0.2, 0) is 22.4 Å². The molecular formula is C30H33ClN6O3. The molecule has 0 saturated carbocycles. The maximum atomic E-state index is 12.8. The van der Waals surface area contributed by atoms with Crippen LogP contribution in [0.1, 0.15) is 33.0 Å². The Morgan fingerprint density at radius 1 is 1.07 bits per heavy atom. The van der Waals surface area contributed by atoms with E-state index in [0.29, 0.717) is 39.8 Å². The number of nitrogens with one attached hydrogen (secondary N) is 1. The van der Waals surface area contributed by atoms with Crippen molar-refractivity contribution in [2.45, 2.75) is 12.8 Å². The molecule has 1 aromatic heterocycles. The number of piperazine rings is 1. The molecule has 0 bridgehead atoms. The van der Waals surface area contributed by atoms with Crippen LogP contribution < -0.4 is 10.2 Å². The lowest BCUT2D eigenvalue weighted by atomic mass is 9.99. The van der Waals surface area contributed by atoms with Crippen molar-refractivity contribution in [2.75, 3.05) is 57.5 Å². The van der Waals surface area contributed by atoms with Crippen LogP contribution in [0.25, 0.3) is 0 Å². The van der Waals surface area contributed by atoms with Crippen LogP contribution in [0.4, 0.5) is 11.4 Å². The van der Waals surface area contributed by atoms with Crippen molar-refractivity contribution < 1.29 is 14.4 Å². The summed E-state index contributed by atoms with van der Waals surface area (Å²) in [5.74, 6) is -0.915. The Labute approximate surface area is 239 Å². The molecule has 0 unspecified atom stereocenters. The number of hydrogen-bond donors (Lipinski definition) is 1. The first-order valence-corrected chi connectivity index (χ1v) is 13.4. The maximum absolute atomic E-state index is 12.8. The molecule has 0 atom stereocenters. The van der Waals surface area contributed by atoms with E-state index in [1.807, 2.05) is 24.3 Å². The van der Waals surface area contributed by atoms with Gasteiger partial charge >= 0.3 is 0 Å². The predicted octanol–water partition coefficient (Wildman–Crippen LogP) is 3.46. The van der Waals surface area contributed by atoms with Gasteiger partial charge in [0.15, 0.2) is 0 Å². The van der Waals surface area contributed by atoms with Gasteiger partial charge in [-0.3, -0.25) is 14.4 Å². The second-order valence-electron chi connectivity index (χ2n) is 9.96. The molecule has 1 aliphatic heterocycles. The van der Waals surface area contributed by atoms with E-state index in [2.05, 4.69) is 33.7 Å². The fourth-order valence-corrected chi connectivity index (χ4v) is 4.69. The van der Waals surface area contributed by atoms with E-state index in [0.717, 1.165) is 37.4 Å². The van der Waals surface area contributed by atoms with Gasteiger partial charge in [0.25, 0.3) is 11.7 Å². The predicted molar refractivity (Wildman–Crippen MR) is 157 cm³/mol. The number of nitrogens with zero attached hydrogens (tertiary/aromatic N) is 5. The highest BCUT2D eigenvalue weighted by atomic mass is 35.5. The van der Waals surface area contributed by atoms with E-state index in [9.17, 15) is 14.4 Å². The van der Waals surface area contributed by atoms with Crippen molar-refractivity contribution in [3.8, 4) is 0 Å². The third kappa shape index (κ3) is 6.91. The molecule has 10 heteroatoms. The number of anilines is 2. The van der Waals surface area contributed by atoms with E-state index in [4.69, 9.17) is 16.6 Å². The number of carbonyl (C=O) groups excluding carboxylic acids is 3. The summed E-state index contributed by atoms with van der Waals surface area (Å²) in [6.45, 7) is 7.18. The largest absolute Gasteiger partial charge is 0.367 e. The number of carbonyl (C=O) groups is 3. The van der Waals surface area contributed by atoms with Crippen molar-refractivity contribution >= 4 is 40.6 Å². The SMILES string of the molecule is C=CC(=O)Nc1cc(Cc2ncc(Cl)c(Cc3ccccc3C(=O)C(=O)N(C)C)n2)ccc1N1CCN(C)CC1. The summed E-state index contributed by atoms with van der Waals surface area (Å²) >= 11 is 6.46. The van der Waals surface area contributed by atoms with Gasteiger partial charge in [-0.15, -0.1) is 0 Å². The monoisotopic (exact) mass is 560 g/mol. The topological polar surface area (TPSA) is 98.7 Å². The lowest BCUT2D eigenvalue weighted by Crippen LogP contribution is -2.44. The number of halogens is 1. The first-order chi connectivity index (χ1) is 19.2. The fourth-order valence-electron chi connectivity index (χ4n) is 4.53. The first kappa shape index (κ1) is 28.9. The number of hydrogen-bond acceptors (Lipinski definition) is 7. The Kier molecular flexibility index (Phi) is 9.29. The molecule has 3 aromatic rings. The number of likely N-dealkylation sites (N-methyl/N-ethyl adjacent to an activating group) is 2. The van der Waals surface area contributed by atoms with E-state index < -0.39 is 11.7 Å². The van der Waals surface area contributed by atoms with Crippen molar-refractivity contribution in [3.63, 3.8) is 0 Å². The molecule has 2 heterocycles. The maximum Gasteiger partial charge on any atom is 0.294 e. The van der Waals surface area contributed by atoms with Crippen LogP contribution >= 0.6 is 11.6 Å². The van der Waals surface area contributed by atoms with Gasteiger partial charge in [0.2, 0.25) is 5.91 Å². The molecule has 1 N–H and O–H groups in total. The highest BCUT2D eigenvalue weighted by Crippen LogP contribution is 2.29. The Bertz CT molecular complexity index is 1430. The lowest BCUT2D eigenvalue weighted by Gasteiger charge is -2.35. The van der Waals surface area contributed by atoms with Gasteiger partial charge in [0.05, 0.1) is 22.1 Å². The van der Waals surface area contributed by atoms with E-state index in [1.54, 1.807) is 38.5 Å². The average Bonchev–Trinajstić information content (AvgIpc) is 2.95. The van der Waals surface area contributed by atoms with Crippen molar-refractivity contribution in [1.29, 1.82) is 0 Å². The quantitative estimate of drug-likeness (QED) is 0.243. The van der Waals surface area contributed by atoms with Gasteiger partial charge < -0.3 is 20.0 Å². The molecular weight excluding hydrogens is 528 g/mol. The van der Waals surface area contributed by atoms with Crippen LogP contribution in [0.2, 0.25) is 5.02 Å². The Morgan fingerprint density at radius 2 is 1.80 bits per heavy atom. The van der Waals surface area contributed by atoms with Crippen LogP contribution in [0, 0.1) is 0 Å². The molecule has 1 aliphatic rings. The Morgan fingerprint density at radius 3 is 2.50 bits per heavy atom. The van der Waals surface area contributed by atoms with E-state index >= 15 is 0 Å². The van der Waals surface area contributed by atoms with E-state index in [-0.39, 0.29) is 12.3 Å². The molecule has 0 aliphatic carbocycles. The molecule has 1 fully saturated rings. The number of Topliss-reactive ketones (excluding diaryl/α,β-unsaturated/α-hetero) is 1. The molecule has 0 spiro atoms. The second kappa shape index (κ2) is 12.8. The first-order valence-electron chi connectivity index (χ1n) is 13.0.